The van der Waals surface area contributed by atoms with Crippen LogP contribution in [0.1, 0.15) is 45.5 Å². The van der Waals surface area contributed by atoms with Crippen molar-refractivity contribution in [1.82, 2.24) is 4.98 Å². The molecule has 0 atom stereocenters. The Morgan fingerprint density at radius 1 is 1.33 bits per heavy atom. The molecule has 6 heteroatoms. The van der Waals surface area contributed by atoms with Crippen molar-refractivity contribution in [1.29, 1.82) is 0 Å². The van der Waals surface area contributed by atoms with Gasteiger partial charge >= 0.3 is 12.1 Å². The average Bonchev–Trinajstić information content (AvgIpc) is 2.49. The summed E-state index contributed by atoms with van der Waals surface area (Å²) in [4.78, 5) is 29.5. The molecule has 0 saturated heterocycles. The van der Waals surface area contributed by atoms with Gasteiger partial charge in [-0.2, -0.15) is 0 Å². The van der Waals surface area contributed by atoms with Crippen LogP contribution in [0.4, 0.5) is 10.5 Å². The van der Waals surface area contributed by atoms with Crippen molar-refractivity contribution in [2.45, 2.75) is 46.1 Å². The molecular weight excluding hydrogens is 308 g/mol. The molecule has 0 N–H and O–H groups in total. The van der Waals surface area contributed by atoms with Gasteiger partial charge in [0.2, 0.25) is 0 Å². The molecule has 2 heterocycles. The van der Waals surface area contributed by atoms with E-state index in [1.54, 1.807) is 11.0 Å². The molecule has 0 saturated carbocycles. The summed E-state index contributed by atoms with van der Waals surface area (Å²) < 4.78 is 10.4. The quantitative estimate of drug-likeness (QED) is 0.794. The molecular formula is C18H24N2O4. The highest BCUT2D eigenvalue weighted by Gasteiger charge is 2.28. The summed E-state index contributed by atoms with van der Waals surface area (Å²) in [6.07, 6.45) is 1.24. The standard InChI is InChI=1S/C18H24N2O4/c1-12(11-23-13(2)21)14-8-9-16-15(19-14)7-6-10-20(16)17(22)24-18(3,4)5/h8-9H,1,6-7,10-11H2,2-5H3. The van der Waals surface area contributed by atoms with E-state index in [1.165, 1.54) is 6.92 Å². The lowest BCUT2D eigenvalue weighted by atomic mass is 10.1. The van der Waals surface area contributed by atoms with E-state index in [1.807, 2.05) is 26.8 Å². The maximum absolute atomic E-state index is 12.4. The second-order valence-electron chi connectivity index (χ2n) is 6.78. The highest BCUT2D eigenvalue weighted by molar-refractivity contribution is 5.89. The smallest absolute Gasteiger partial charge is 0.414 e. The molecule has 6 nitrogen and oxygen atoms in total. The number of carbonyl (C=O) groups excluding carboxylic acids is 2. The first-order valence-corrected chi connectivity index (χ1v) is 7.99. The first-order chi connectivity index (χ1) is 11.2. The molecule has 0 aromatic carbocycles. The Morgan fingerprint density at radius 3 is 2.67 bits per heavy atom. The summed E-state index contributed by atoms with van der Waals surface area (Å²) in [5.41, 5.74) is 2.34. The van der Waals surface area contributed by atoms with Crippen molar-refractivity contribution < 1.29 is 19.1 Å². The van der Waals surface area contributed by atoms with Crippen molar-refractivity contribution in [3.8, 4) is 0 Å². The number of pyridine rings is 1. The number of amides is 1. The molecule has 0 radical (unpaired) electrons. The lowest BCUT2D eigenvalue weighted by Crippen LogP contribution is -2.40. The minimum absolute atomic E-state index is 0.108. The zero-order valence-corrected chi connectivity index (χ0v) is 14.7. The molecule has 1 aromatic rings. The Balaban J connectivity index is 2.19. The molecule has 0 fully saturated rings. The van der Waals surface area contributed by atoms with Crippen LogP contribution in [0.15, 0.2) is 18.7 Å². The molecule has 1 aliphatic rings. The zero-order chi connectivity index (χ0) is 17.9. The summed E-state index contributed by atoms with van der Waals surface area (Å²) in [7, 11) is 0. The van der Waals surface area contributed by atoms with Crippen LogP contribution in [0.3, 0.4) is 0 Å². The number of aromatic nitrogens is 1. The Kier molecular flexibility index (Phi) is 5.26. The number of anilines is 1. The van der Waals surface area contributed by atoms with Gasteiger partial charge in [0.05, 0.1) is 17.1 Å². The largest absolute Gasteiger partial charge is 0.461 e. The van der Waals surface area contributed by atoms with Crippen LogP contribution < -0.4 is 4.90 Å². The topological polar surface area (TPSA) is 68.7 Å². The van der Waals surface area contributed by atoms with Crippen molar-refractivity contribution in [2.24, 2.45) is 0 Å². The Morgan fingerprint density at radius 2 is 2.04 bits per heavy atom. The van der Waals surface area contributed by atoms with E-state index >= 15 is 0 Å². The van der Waals surface area contributed by atoms with Gasteiger partial charge in [-0.1, -0.05) is 6.58 Å². The fourth-order valence-electron chi connectivity index (χ4n) is 2.42. The zero-order valence-electron chi connectivity index (χ0n) is 14.7. The van der Waals surface area contributed by atoms with Crippen molar-refractivity contribution in [3.63, 3.8) is 0 Å². The molecule has 0 spiro atoms. The minimum atomic E-state index is -0.541. The summed E-state index contributed by atoms with van der Waals surface area (Å²) in [6, 6.07) is 3.63. The van der Waals surface area contributed by atoms with Gasteiger partial charge in [0.15, 0.2) is 0 Å². The third-order valence-corrected chi connectivity index (χ3v) is 3.46. The van der Waals surface area contributed by atoms with Gasteiger partial charge in [0.1, 0.15) is 12.2 Å². The highest BCUT2D eigenvalue weighted by Crippen LogP contribution is 2.28. The Labute approximate surface area is 142 Å². The number of aryl methyl sites for hydroxylation is 1. The monoisotopic (exact) mass is 332 g/mol. The number of esters is 1. The molecule has 0 bridgehead atoms. The van der Waals surface area contributed by atoms with Crippen LogP contribution in [-0.2, 0) is 20.7 Å². The SMILES string of the molecule is C=C(COC(C)=O)c1ccc2c(n1)CCCN2C(=O)OC(C)(C)C. The normalized spacial score (nSPS) is 13.9. The van der Waals surface area contributed by atoms with Crippen molar-refractivity contribution in [3.05, 3.63) is 30.1 Å². The molecule has 2 rings (SSSR count). The number of rotatable bonds is 3. The Bertz CT molecular complexity index is 661. The van der Waals surface area contributed by atoms with E-state index in [9.17, 15) is 9.59 Å². The van der Waals surface area contributed by atoms with Crippen LogP contribution in [0.5, 0.6) is 0 Å². The van der Waals surface area contributed by atoms with Crippen LogP contribution >= 0.6 is 0 Å². The number of carbonyl (C=O) groups is 2. The van der Waals surface area contributed by atoms with E-state index in [-0.39, 0.29) is 18.7 Å². The third-order valence-electron chi connectivity index (χ3n) is 3.46. The lowest BCUT2D eigenvalue weighted by Gasteiger charge is -2.31. The van der Waals surface area contributed by atoms with Crippen LogP contribution in [0, 0.1) is 0 Å². The van der Waals surface area contributed by atoms with Gasteiger partial charge in [0.25, 0.3) is 0 Å². The Hall–Kier alpha value is -2.37. The predicted molar refractivity (Wildman–Crippen MR) is 91.8 cm³/mol. The molecule has 1 amide bonds. The maximum Gasteiger partial charge on any atom is 0.414 e. The van der Waals surface area contributed by atoms with Gasteiger partial charge in [-0.15, -0.1) is 0 Å². The summed E-state index contributed by atoms with van der Waals surface area (Å²) >= 11 is 0. The molecule has 0 aliphatic carbocycles. The summed E-state index contributed by atoms with van der Waals surface area (Å²) in [5.74, 6) is -0.356. The summed E-state index contributed by atoms with van der Waals surface area (Å²) in [6.45, 7) is 11.5. The van der Waals surface area contributed by atoms with Gasteiger partial charge < -0.3 is 9.47 Å². The lowest BCUT2D eigenvalue weighted by molar-refractivity contribution is -0.139. The molecule has 130 valence electrons. The second kappa shape index (κ2) is 7.03. The maximum atomic E-state index is 12.4. The number of fused-ring (bicyclic) bond motifs is 1. The predicted octanol–water partition coefficient (Wildman–Crippen LogP) is 3.35. The van der Waals surface area contributed by atoms with Crippen LogP contribution in [0.2, 0.25) is 0 Å². The van der Waals surface area contributed by atoms with Crippen LogP contribution in [0.25, 0.3) is 5.57 Å². The van der Waals surface area contributed by atoms with E-state index in [0.717, 1.165) is 24.2 Å². The fourth-order valence-corrected chi connectivity index (χ4v) is 2.42. The van der Waals surface area contributed by atoms with E-state index in [4.69, 9.17) is 9.47 Å². The van der Waals surface area contributed by atoms with Crippen molar-refractivity contribution in [2.75, 3.05) is 18.1 Å². The van der Waals surface area contributed by atoms with Crippen LogP contribution in [-0.4, -0.2) is 35.8 Å². The van der Waals surface area contributed by atoms with Gasteiger partial charge in [-0.05, 0) is 45.7 Å². The minimum Gasteiger partial charge on any atom is -0.461 e. The third kappa shape index (κ3) is 4.57. The van der Waals surface area contributed by atoms with E-state index in [2.05, 4.69) is 11.6 Å². The number of ether oxygens (including phenoxy) is 2. The molecule has 0 unspecified atom stereocenters. The van der Waals surface area contributed by atoms with E-state index in [0.29, 0.717) is 17.8 Å². The average molecular weight is 332 g/mol. The van der Waals surface area contributed by atoms with Gasteiger partial charge in [-0.25, -0.2) is 4.79 Å². The highest BCUT2D eigenvalue weighted by atomic mass is 16.6. The molecule has 24 heavy (non-hydrogen) atoms. The fraction of sp³-hybridized carbons (Fsp3) is 0.500. The van der Waals surface area contributed by atoms with Gasteiger partial charge in [-0.3, -0.25) is 14.7 Å². The van der Waals surface area contributed by atoms with Gasteiger partial charge in [0, 0.05) is 19.0 Å². The first-order valence-electron chi connectivity index (χ1n) is 7.99. The number of hydrogen-bond acceptors (Lipinski definition) is 5. The first kappa shape index (κ1) is 18.0. The number of nitrogens with zero attached hydrogens (tertiary/aromatic N) is 2. The molecule has 1 aliphatic heterocycles. The van der Waals surface area contributed by atoms with E-state index < -0.39 is 5.60 Å². The second-order valence-corrected chi connectivity index (χ2v) is 6.78. The van der Waals surface area contributed by atoms with Crippen molar-refractivity contribution >= 4 is 23.3 Å². The molecule has 1 aromatic heterocycles. The number of hydrogen-bond donors (Lipinski definition) is 0. The summed E-state index contributed by atoms with van der Waals surface area (Å²) in [5, 5.41) is 0.